The minimum Gasteiger partial charge on any atom is -0.399 e. The molecule has 1 amide bonds. The summed E-state index contributed by atoms with van der Waals surface area (Å²) in [5.74, 6) is -1.24. The van der Waals surface area contributed by atoms with Gasteiger partial charge in [-0.05, 0) is 42.3 Å². The van der Waals surface area contributed by atoms with Crippen molar-refractivity contribution in [1.82, 2.24) is 5.32 Å². The average molecular weight is 276 g/mol. The van der Waals surface area contributed by atoms with Crippen LogP contribution >= 0.6 is 0 Å². The van der Waals surface area contributed by atoms with E-state index in [-0.39, 0.29) is 17.1 Å². The quantitative estimate of drug-likeness (QED) is 0.843. The number of benzene rings is 2. The number of rotatable bonds is 4. The van der Waals surface area contributed by atoms with Crippen molar-refractivity contribution in [1.29, 1.82) is 0 Å². The minimum atomic E-state index is -0.548. The summed E-state index contributed by atoms with van der Waals surface area (Å²) in [7, 11) is 0. The third kappa shape index (κ3) is 3.78. The molecule has 0 spiro atoms. The number of hydrogen-bond donors (Lipinski definition) is 2. The summed E-state index contributed by atoms with van der Waals surface area (Å²) in [6.07, 6.45) is 0.566. The molecule has 3 nitrogen and oxygen atoms in total. The van der Waals surface area contributed by atoms with E-state index in [1.807, 2.05) is 0 Å². The molecule has 0 unspecified atom stereocenters. The van der Waals surface area contributed by atoms with Gasteiger partial charge in [-0.15, -0.1) is 0 Å². The predicted molar refractivity (Wildman–Crippen MR) is 73.2 cm³/mol. The first-order valence-electron chi connectivity index (χ1n) is 6.13. The predicted octanol–water partition coefficient (Wildman–Crippen LogP) is 2.52. The van der Waals surface area contributed by atoms with Crippen molar-refractivity contribution in [3.8, 4) is 0 Å². The number of amides is 1. The highest BCUT2D eigenvalue weighted by Crippen LogP contribution is 2.10. The monoisotopic (exact) mass is 276 g/mol. The fourth-order valence-electron chi connectivity index (χ4n) is 1.82. The van der Waals surface area contributed by atoms with Gasteiger partial charge in [0.15, 0.2) is 0 Å². The molecule has 3 N–H and O–H groups in total. The van der Waals surface area contributed by atoms with Gasteiger partial charge in [-0.3, -0.25) is 4.79 Å². The zero-order valence-electron chi connectivity index (χ0n) is 10.7. The summed E-state index contributed by atoms with van der Waals surface area (Å²) in [6.45, 7) is 0.376. The second-order valence-electron chi connectivity index (χ2n) is 4.41. The Kier molecular flexibility index (Phi) is 4.30. The summed E-state index contributed by atoms with van der Waals surface area (Å²) in [5.41, 5.74) is 6.77. The van der Waals surface area contributed by atoms with E-state index in [9.17, 15) is 13.6 Å². The van der Waals surface area contributed by atoms with Crippen LogP contribution in [0, 0.1) is 11.6 Å². The molecule has 0 aromatic heterocycles. The van der Waals surface area contributed by atoms with Crippen LogP contribution in [0.2, 0.25) is 0 Å². The molecule has 0 aliphatic heterocycles. The lowest BCUT2D eigenvalue weighted by atomic mass is 10.1. The number of carbonyl (C=O) groups excluding carboxylic acids is 1. The molecule has 0 saturated heterocycles. The molecular formula is C15H14F2N2O. The lowest BCUT2D eigenvalue weighted by Crippen LogP contribution is -2.25. The fourth-order valence-corrected chi connectivity index (χ4v) is 1.82. The Morgan fingerprint density at radius 1 is 1.05 bits per heavy atom. The summed E-state index contributed by atoms with van der Waals surface area (Å²) in [6, 6.07) is 9.73. The third-order valence-corrected chi connectivity index (χ3v) is 2.79. The maximum Gasteiger partial charge on any atom is 0.251 e. The number of nitrogen functional groups attached to an aromatic ring is 1. The van der Waals surface area contributed by atoms with Gasteiger partial charge in [-0.2, -0.15) is 0 Å². The maximum absolute atomic E-state index is 13.1. The molecule has 20 heavy (non-hydrogen) atoms. The van der Waals surface area contributed by atoms with Crippen molar-refractivity contribution in [2.75, 3.05) is 12.3 Å². The number of hydrogen-bond acceptors (Lipinski definition) is 2. The molecule has 2 rings (SSSR count). The molecule has 0 fully saturated rings. The van der Waals surface area contributed by atoms with Gasteiger partial charge in [0.05, 0.1) is 0 Å². The lowest BCUT2D eigenvalue weighted by Gasteiger charge is -2.06. The van der Waals surface area contributed by atoms with E-state index < -0.39 is 11.7 Å². The van der Waals surface area contributed by atoms with Gasteiger partial charge in [-0.1, -0.05) is 12.1 Å². The van der Waals surface area contributed by atoms with Gasteiger partial charge < -0.3 is 11.1 Å². The normalized spacial score (nSPS) is 10.3. The highest BCUT2D eigenvalue weighted by Gasteiger charge is 2.07. The minimum absolute atomic E-state index is 0.182. The summed E-state index contributed by atoms with van der Waals surface area (Å²) in [4.78, 5) is 11.8. The number of anilines is 1. The van der Waals surface area contributed by atoms with Crippen molar-refractivity contribution in [3.63, 3.8) is 0 Å². The highest BCUT2D eigenvalue weighted by molar-refractivity contribution is 5.95. The van der Waals surface area contributed by atoms with Gasteiger partial charge in [0.2, 0.25) is 0 Å². The molecule has 0 aliphatic rings. The first kappa shape index (κ1) is 14.0. The number of halogens is 2. The van der Waals surface area contributed by atoms with Gasteiger partial charge >= 0.3 is 0 Å². The largest absolute Gasteiger partial charge is 0.399 e. The van der Waals surface area contributed by atoms with E-state index in [4.69, 9.17) is 5.73 Å². The SMILES string of the molecule is Nc1cc(F)cc(C(=O)NCCc2ccc(F)cc2)c1. The Bertz CT molecular complexity index is 592. The second-order valence-corrected chi connectivity index (χ2v) is 4.41. The van der Waals surface area contributed by atoms with E-state index in [0.717, 1.165) is 17.7 Å². The fraction of sp³-hybridized carbons (Fsp3) is 0.133. The summed E-state index contributed by atoms with van der Waals surface area (Å²) >= 11 is 0. The van der Waals surface area contributed by atoms with Crippen molar-refractivity contribution < 1.29 is 13.6 Å². The third-order valence-electron chi connectivity index (χ3n) is 2.79. The highest BCUT2D eigenvalue weighted by atomic mass is 19.1. The number of nitrogens with two attached hydrogens (primary N) is 1. The van der Waals surface area contributed by atoms with Crippen molar-refractivity contribution in [2.24, 2.45) is 0 Å². The van der Waals surface area contributed by atoms with Crippen LogP contribution in [0.3, 0.4) is 0 Å². The van der Waals surface area contributed by atoms with E-state index in [1.54, 1.807) is 12.1 Å². The van der Waals surface area contributed by atoms with Crippen LogP contribution in [-0.2, 0) is 6.42 Å². The number of carbonyl (C=O) groups is 1. The van der Waals surface area contributed by atoms with Gasteiger partial charge in [0, 0.05) is 17.8 Å². The summed E-state index contributed by atoms with van der Waals surface area (Å²) in [5, 5.41) is 2.66. The first-order chi connectivity index (χ1) is 9.54. The standard InChI is InChI=1S/C15H14F2N2O/c16-12-3-1-10(2-4-12)5-6-19-15(20)11-7-13(17)9-14(18)8-11/h1-4,7-9H,5-6,18H2,(H,19,20). The molecule has 0 saturated carbocycles. The van der Waals surface area contributed by atoms with Crippen LogP contribution in [0.25, 0.3) is 0 Å². The van der Waals surface area contributed by atoms with Gasteiger partial charge in [0.25, 0.3) is 5.91 Å². The van der Waals surface area contributed by atoms with Crippen LogP contribution in [0.15, 0.2) is 42.5 Å². The van der Waals surface area contributed by atoms with Crippen molar-refractivity contribution in [3.05, 3.63) is 65.2 Å². The Labute approximate surface area is 115 Å². The van der Waals surface area contributed by atoms with E-state index in [1.165, 1.54) is 18.2 Å². The molecule has 0 heterocycles. The van der Waals surface area contributed by atoms with Crippen LogP contribution in [0.1, 0.15) is 15.9 Å². The summed E-state index contributed by atoms with van der Waals surface area (Å²) < 4.78 is 25.8. The Morgan fingerprint density at radius 2 is 1.75 bits per heavy atom. The van der Waals surface area contributed by atoms with E-state index in [2.05, 4.69) is 5.32 Å². The van der Waals surface area contributed by atoms with Crippen LogP contribution in [0.4, 0.5) is 14.5 Å². The van der Waals surface area contributed by atoms with Gasteiger partial charge in [0.1, 0.15) is 11.6 Å². The molecule has 0 bridgehead atoms. The molecular weight excluding hydrogens is 262 g/mol. The van der Waals surface area contributed by atoms with Crippen molar-refractivity contribution >= 4 is 11.6 Å². The van der Waals surface area contributed by atoms with E-state index in [0.29, 0.717) is 13.0 Å². The van der Waals surface area contributed by atoms with Crippen LogP contribution < -0.4 is 11.1 Å². The maximum atomic E-state index is 13.1. The molecule has 0 aliphatic carbocycles. The average Bonchev–Trinajstić information content (AvgIpc) is 2.40. The molecule has 0 atom stereocenters. The Morgan fingerprint density at radius 3 is 2.40 bits per heavy atom. The van der Waals surface area contributed by atoms with Gasteiger partial charge in [-0.25, -0.2) is 8.78 Å². The molecule has 104 valence electrons. The smallest absolute Gasteiger partial charge is 0.251 e. The van der Waals surface area contributed by atoms with E-state index >= 15 is 0 Å². The van der Waals surface area contributed by atoms with Crippen molar-refractivity contribution in [2.45, 2.75) is 6.42 Å². The Hall–Kier alpha value is -2.43. The zero-order valence-corrected chi connectivity index (χ0v) is 10.7. The van der Waals surface area contributed by atoms with Crippen LogP contribution in [0.5, 0.6) is 0 Å². The first-order valence-corrected chi connectivity index (χ1v) is 6.13. The topological polar surface area (TPSA) is 55.1 Å². The van der Waals surface area contributed by atoms with Crippen LogP contribution in [-0.4, -0.2) is 12.5 Å². The zero-order chi connectivity index (χ0) is 14.5. The second kappa shape index (κ2) is 6.14. The molecule has 2 aromatic carbocycles. The Balaban J connectivity index is 1.90. The lowest BCUT2D eigenvalue weighted by molar-refractivity contribution is 0.0953. The molecule has 0 radical (unpaired) electrons. The number of nitrogens with one attached hydrogen (secondary N) is 1. The molecule has 5 heteroatoms. The molecule has 2 aromatic rings.